The van der Waals surface area contributed by atoms with Crippen LogP contribution in [0.3, 0.4) is 0 Å². The molecule has 0 atom stereocenters. The Morgan fingerprint density at radius 2 is 1.68 bits per heavy atom. The summed E-state index contributed by atoms with van der Waals surface area (Å²) >= 11 is 0. The molecule has 1 aliphatic heterocycles. The van der Waals surface area contributed by atoms with Gasteiger partial charge in [-0.3, -0.25) is 14.9 Å². The number of furan rings is 1. The molecule has 1 saturated heterocycles. The molecule has 8 heteroatoms. The quantitative estimate of drug-likeness (QED) is 0.345. The average Bonchev–Trinajstić information content (AvgIpc) is 3.25. The highest BCUT2D eigenvalue weighted by molar-refractivity contribution is 6.39. The van der Waals surface area contributed by atoms with Gasteiger partial charge < -0.3 is 9.15 Å². The molecule has 0 spiro atoms. The number of esters is 1. The van der Waals surface area contributed by atoms with Crippen molar-refractivity contribution in [2.45, 2.75) is 20.8 Å². The van der Waals surface area contributed by atoms with E-state index in [0.29, 0.717) is 22.6 Å². The first-order valence-corrected chi connectivity index (χ1v) is 10.6. The summed E-state index contributed by atoms with van der Waals surface area (Å²) in [5, 5.41) is 2.21. The lowest BCUT2D eigenvalue weighted by molar-refractivity contribution is -0.122. The summed E-state index contributed by atoms with van der Waals surface area (Å²) in [6.45, 7) is 5.73. The minimum absolute atomic E-state index is 0.225. The number of anilines is 1. The van der Waals surface area contributed by atoms with Crippen molar-refractivity contribution in [2.75, 3.05) is 11.5 Å². The zero-order valence-corrected chi connectivity index (χ0v) is 18.9. The molecule has 2 aromatic carbocycles. The van der Waals surface area contributed by atoms with E-state index in [1.54, 1.807) is 55.5 Å². The maximum Gasteiger partial charge on any atom is 0.338 e. The summed E-state index contributed by atoms with van der Waals surface area (Å²) in [5.41, 5.74) is 3.02. The number of carbonyl (C=O) groups is 4. The molecule has 8 nitrogen and oxygen atoms in total. The molecule has 3 aromatic rings. The van der Waals surface area contributed by atoms with Crippen molar-refractivity contribution in [1.82, 2.24) is 5.32 Å². The molecule has 1 aromatic heterocycles. The molecule has 0 radical (unpaired) electrons. The summed E-state index contributed by atoms with van der Waals surface area (Å²) in [6, 6.07) is 14.5. The standard InChI is InChI=1S/C26H22N2O6/c1-4-33-25(31)18-7-5-17(6-8-18)22-10-9-20(34-22)14-21-23(29)27-26(32)28(24(21)30)19-12-15(2)11-16(3)13-19/h5-14H,4H2,1-3H3,(H,27,29,32)/b21-14+. The zero-order valence-electron chi connectivity index (χ0n) is 18.9. The van der Waals surface area contributed by atoms with Crippen LogP contribution in [0.15, 0.2) is 64.6 Å². The number of amides is 4. The Morgan fingerprint density at radius 1 is 1.00 bits per heavy atom. The molecule has 1 aliphatic rings. The first-order valence-electron chi connectivity index (χ1n) is 10.6. The fraction of sp³-hybridized carbons (Fsp3) is 0.154. The van der Waals surface area contributed by atoms with E-state index in [4.69, 9.17) is 9.15 Å². The molecule has 4 amide bonds. The van der Waals surface area contributed by atoms with E-state index in [2.05, 4.69) is 5.32 Å². The largest absolute Gasteiger partial charge is 0.462 e. The van der Waals surface area contributed by atoms with E-state index in [0.717, 1.165) is 16.0 Å². The minimum Gasteiger partial charge on any atom is -0.462 e. The summed E-state index contributed by atoms with van der Waals surface area (Å²) in [4.78, 5) is 50.7. The van der Waals surface area contributed by atoms with E-state index in [-0.39, 0.29) is 17.9 Å². The molecule has 1 fully saturated rings. The second kappa shape index (κ2) is 9.19. The normalized spacial score (nSPS) is 15.0. The van der Waals surface area contributed by atoms with E-state index >= 15 is 0 Å². The highest BCUT2D eigenvalue weighted by atomic mass is 16.5. The highest BCUT2D eigenvalue weighted by Gasteiger charge is 2.37. The first-order chi connectivity index (χ1) is 16.3. The van der Waals surface area contributed by atoms with Gasteiger partial charge in [-0.2, -0.15) is 0 Å². The third-order valence-corrected chi connectivity index (χ3v) is 5.16. The lowest BCUT2D eigenvalue weighted by atomic mass is 10.1. The molecular weight excluding hydrogens is 436 g/mol. The molecule has 1 N–H and O–H groups in total. The molecule has 0 aliphatic carbocycles. The zero-order chi connectivity index (χ0) is 24.4. The topological polar surface area (TPSA) is 106 Å². The Morgan fingerprint density at radius 3 is 2.32 bits per heavy atom. The predicted octanol–water partition coefficient (Wildman–Crippen LogP) is 4.41. The van der Waals surface area contributed by atoms with Crippen LogP contribution in [0.4, 0.5) is 10.5 Å². The summed E-state index contributed by atoms with van der Waals surface area (Å²) < 4.78 is 10.8. The van der Waals surface area contributed by atoms with E-state index in [1.165, 1.54) is 6.08 Å². The fourth-order valence-corrected chi connectivity index (χ4v) is 3.68. The number of nitrogens with one attached hydrogen (secondary N) is 1. The van der Waals surface area contributed by atoms with Gasteiger partial charge in [0, 0.05) is 5.56 Å². The Hall–Kier alpha value is -4.46. The van der Waals surface area contributed by atoms with Crippen molar-refractivity contribution < 1.29 is 28.3 Å². The SMILES string of the molecule is CCOC(=O)c1ccc(-c2ccc(/C=C3\C(=O)NC(=O)N(c4cc(C)cc(C)c4)C3=O)o2)cc1. The van der Waals surface area contributed by atoms with Crippen LogP contribution in [0.1, 0.15) is 34.2 Å². The number of urea groups is 1. The third kappa shape index (κ3) is 4.52. The van der Waals surface area contributed by atoms with Gasteiger partial charge in [0.25, 0.3) is 11.8 Å². The Labute approximate surface area is 195 Å². The van der Waals surface area contributed by atoms with Crippen molar-refractivity contribution in [3.8, 4) is 11.3 Å². The van der Waals surface area contributed by atoms with Crippen LogP contribution < -0.4 is 10.2 Å². The highest BCUT2D eigenvalue weighted by Crippen LogP contribution is 2.27. The Kier molecular flexibility index (Phi) is 6.14. The molecular formula is C26H22N2O6. The molecule has 34 heavy (non-hydrogen) atoms. The lowest BCUT2D eigenvalue weighted by Crippen LogP contribution is -2.54. The van der Waals surface area contributed by atoms with Gasteiger partial charge >= 0.3 is 12.0 Å². The number of hydrogen-bond acceptors (Lipinski definition) is 6. The number of benzene rings is 2. The first kappa shape index (κ1) is 22.7. The number of rotatable bonds is 5. The number of aryl methyl sites for hydroxylation is 2. The molecule has 0 bridgehead atoms. The van der Waals surface area contributed by atoms with Gasteiger partial charge in [0.05, 0.1) is 17.9 Å². The second-order valence-electron chi connectivity index (χ2n) is 7.80. The molecule has 4 rings (SSSR count). The predicted molar refractivity (Wildman–Crippen MR) is 125 cm³/mol. The minimum atomic E-state index is -0.807. The van der Waals surface area contributed by atoms with E-state index < -0.39 is 23.8 Å². The van der Waals surface area contributed by atoms with E-state index in [1.807, 2.05) is 19.9 Å². The van der Waals surface area contributed by atoms with Gasteiger partial charge in [-0.1, -0.05) is 18.2 Å². The second-order valence-corrected chi connectivity index (χ2v) is 7.80. The Balaban J connectivity index is 1.61. The smallest absolute Gasteiger partial charge is 0.338 e. The van der Waals surface area contributed by atoms with Gasteiger partial charge in [-0.05, 0) is 74.4 Å². The molecule has 0 unspecified atom stereocenters. The summed E-state index contributed by atoms with van der Waals surface area (Å²) in [6.07, 6.45) is 1.30. The van der Waals surface area contributed by atoms with E-state index in [9.17, 15) is 19.2 Å². The lowest BCUT2D eigenvalue weighted by Gasteiger charge is -2.26. The van der Waals surface area contributed by atoms with Gasteiger partial charge in [0.2, 0.25) is 0 Å². The summed E-state index contributed by atoms with van der Waals surface area (Å²) in [5.74, 6) is -1.21. The molecule has 172 valence electrons. The molecule has 0 saturated carbocycles. The van der Waals surface area contributed by atoms with Crippen molar-refractivity contribution in [1.29, 1.82) is 0 Å². The summed E-state index contributed by atoms with van der Waals surface area (Å²) in [7, 11) is 0. The van der Waals surface area contributed by atoms with Crippen LogP contribution in [0, 0.1) is 13.8 Å². The number of barbiturate groups is 1. The number of nitrogens with zero attached hydrogens (tertiary/aromatic N) is 1. The third-order valence-electron chi connectivity index (χ3n) is 5.16. The van der Waals surface area contributed by atoms with Crippen molar-refractivity contribution in [2.24, 2.45) is 0 Å². The monoisotopic (exact) mass is 458 g/mol. The van der Waals surface area contributed by atoms with Crippen LogP contribution in [-0.4, -0.2) is 30.4 Å². The van der Waals surface area contributed by atoms with Crippen molar-refractivity contribution >= 4 is 35.6 Å². The fourth-order valence-electron chi connectivity index (χ4n) is 3.68. The number of carbonyl (C=O) groups excluding carboxylic acids is 4. The van der Waals surface area contributed by atoms with Gasteiger partial charge in [0.15, 0.2) is 0 Å². The van der Waals surface area contributed by atoms with Gasteiger partial charge in [-0.25, -0.2) is 14.5 Å². The van der Waals surface area contributed by atoms with Crippen LogP contribution in [0.5, 0.6) is 0 Å². The van der Waals surface area contributed by atoms with Crippen LogP contribution >= 0.6 is 0 Å². The van der Waals surface area contributed by atoms with Gasteiger partial charge in [-0.15, -0.1) is 0 Å². The average molecular weight is 458 g/mol. The maximum atomic E-state index is 13.1. The number of hydrogen-bond donors (Lipinski definition) is 1. The number of imide groups is 2. The maximum absolute atomic E-state index is 13.1. The van der Waals surface area contributed by atoms with Crippen LogP contribution in [0.25, 0.3) is 17.4 Å². The van der Waals surface area contributed by atoms with Crippen molar-refractivity contribution in [3.63, 3.8) is 0 Å². The molecule has 2 heterocycles. The van der Waals surface area contributed by atoms with Gasteiger partial charge in [0.1, 0.15) is 17.1 Å². The van der Waals surface area contributed by atoms with Crippen LogP contribution in [0.2, 0.25) is 0 Å². The van der Waals surface area contributed by atoms with Crippen LogP contribution in [-0.2, 0) is 14.3 Å². The Bertz CT molecular complexity index is 1310. The van der Waals surface area contributed by atoms with Crippen molar-refractivity contribution in [3.05, 3.63) is 82.6 Å². The number of ether oxygens (including phenoxy) is 1.